The smallest absolute Gasteiger partial charge is 0.330 e. The number of hydrazine groups is 1. The van der Waals surface area contributed by atoms with Gasteiger partial charge in [0.05, 0.1) is 0 Å². The van der Waals surface area contributed by atoms with Crippen LogP contribution in [0.15, 0.2) is 36.1 Å². The van der Waals surface area contributed by atoms with Crippen LogP contribution in [0.1, 0.15) is 0 Å². The van der Waals surface area contributed by atoms with Crippen molar-refractivity contribution in [3.05, 3.63) is 46.5 Å². The predicted octanol–water partition coefficient (Wildman–Crippen LogP) is -0.382. The molecule has 4 N–H and O–H groups in total. The second kappa shape index (κ2) is 4.70. The van der Waals surface area contributed by atoms with Crippen LogP contribution >= 0.6 is 0 Å². The highest BCUT2D eigenvalue weighted by atomic mass is 16.8. The van der Waals surface area contributed by atoms with E-state index in [-0.39, 0.29) is 5.71 Å². The molecule has 0 saturated carbocycles. The summed E-state index contributed by atoms with van der Waals surface area (Å²) in [5.41, 5.74) is 10.0. The summed E-state index contributed by atoms with van der Waals surface area (Å²) in [6.45, 7) is 0. The molecule has 0 spiro atoms. The van der Waals surface area contributed by atoms with Gasteiger partial charge in [0, 0.05) is 18.4 Å². The number of nitrogens with one attached hydrogen (secondary N) is 2. The third kappa shape index (κ3) is 3.43. The average Bonchev–Trinajstić information content (AvgIpc) is 2.18. The fourth-order valence-corrected chi connectivity index (χ4v) is 0.883. The summed E-state index contributed by atoms with van der Waals surface area (Å²) in [5, 5.41) is 20.6. The van der Waals surface area contributed by atoms with Crippen LogP contribution in [0.2, 0.25) is 0 Å². The van der Waals surface area contributed by atoms with Gasteiger partial charge in [-0.05, 0) is 17.7 Å². The van der Waals surface area contributed by atoms with E-state index >= 15 is 0 Å². The molecule has 2 amide bonds. The Morgan fingerprint density at radius 3 is 2.40 bits per heavy atom. The Bertz CT molecular complexity index is 359. The summed E-state index contributed by atoms with van der Waals surface area (Å²) in [5.74, 6) is 0. The van der Waals surface area contributed by atoms with Crippen LogP contribution in [0.3, 0.4) is 0 Å². The van der Waals surface area contributed by atoms with Crippen molar-refractivity contribution in [2.75, 3.05) is 0 Å². The molecule has 1 aliphatic rings. The van der Waals surface area contributed by atoms with E-state index in [1.165, 1.54) is 30.5 Å². The maximum absolute atomic E-state index is 10.3. The zero-order chi connectivity index (χ0) is 11.3. The molecule has 1 aliphatic carbocycles. The summed E-state index contributed by atoms with van der Waals surface area (Å²) in [7, 11) is 0. The molecule has 1 rings (SSSR count). The number of hydrogen-bond acceptors (Lipinski definition) is 4. The number of carbonyl (C=O) groups is 1. The van der Waals surface area contributed by atoms with E-state index in [0.29, 0.717) is 5.57 Å². The van der Waals surface area contributed by atoms with Gasteiger partial charge >= 0.3 is 6.03 Å². The highest BCUT2D eigenvalue weighted by molar-refractivity contribution is 6.02. The van der Waals surface area contributed by atoms with Gasteiger partial charge in [0.25, 0.3) is 0 Å². The normalized spacial score (nSPS) is 13.6. The van der Waals surface area contributed by atoms with Crippen molar-refractivity contribution in [3.63, 3.8) is 0 Å². The lowest BCUT2D eigenvalue weighted by molar-refractivity contribution is -0.377. The summed E-state index contributed by atoms with van der Waals surface area (Å²) in [4.78, 5) is 9.79. The number of nitrogens with two attached hydrogens (primary N) is 1. The minimum Gasteiger partial charge on any atom is -0.612 e. The molecule has 0 aromatic rings. The molecule has 0 heterocycles. The molecule has 80 valence electrons. The van der Waals surface area contributed by atoms with Crippen molar-refractivity contribution in [2.45, 2.75) is 0 Å². The number of primary amides is 1. The third-order valence-electron chi connectivity index (χ3n) is 1.54. The Morgan fingerprint density at radius 1 is 1.33 bits per heavy atom. The van der Waals surface area contributed by atoms with Gasteiger partial charge in [0.1, 0.15) is 0 Å². The van der Waals surface area contributed by atoms with Gasteiger partial charge < -0.3 is 21.6 Å². The Balaban J connectivity index is 2.57. The second-order valence-corrected chi connectivity index (χ2v) is 2.63. The second-order valence-electron chi connectivity index (χ2n) is 2.63. The molecule has 0 aromatic carbocycles. The first kappa shape index (κ1) is 10.6. The van der Waals surface area contributed by atoms with Gasteiger partial charge in [-0.3, -0.25) is 5.43 Å². The van der Waals surface area contributed by atoms with Crippen LogP contribution in [-0.2, 0) is 0 Å². The Kier molecular flexibility index (Phi) is 3.33. The van der Waals surface area contributed by atoms with Crippen LogP contribution in [0.5, 0.6) is 0 Å². The molecule has 15 heavy (non-hydrogen) atoms. The fourth-order valence-electron chi connectivity index (χ4n) is 0.883. The minimum atomic E-state index is -0.715. The molecule has 7 heteroatoms. The molecular formula is C8H9N4O3-. The van der Waals surface area contributed by atoms with Crippen LogP contribution in [0, 0.1) is 10.4 Å². The van der Waals surface area contributed by atoms with Crippen molar-refractivity contribution in [1.82, 2.24) is 10.9 Å². The van der Waals surface area contributed by atoms with Gasteiger partial charge in [-0.2, -0.15) is 4.90 Å². The SMILES string of the molecule is NC(=O)NNC=C1C=CC(=[N+]([O-])[O-])C=C1. The van der Waals surface area contributed by atoms with Crippen LogP contribution in [-0.4, -0.2) is 16.6 Å². The molecule has 0 radical (unpaired) electrons. The Labute approximate surface area is 85.4 Å². The molecular weight excluding hydrogens is 200 g/mol. The number of carbonyl (C=O) groups excluding carboxylic acids is 1. The number of nitrogens with zero attached hydrogens (tertiary/aromatic N) is 1. The first-order chi connectivity index (χ1) is 7.09. The van der Waals surface area contributed by atoms with E-state index in [4.69, 9.17) is 5.73 Å². The zero-order valence-electron chi connectivity index (χ0n) is 7.64. The fraction of sp³-hybridized carbons (Fsp3) is 0. The minimum absolute atomic E-state index is 0.00927. The zero-order valence-corrected chi connectivity index (χ0v) is 7.64. The molecule has 0 aromatic heterocycles. The predicted molar refractivity (Wildman–Crippen MR) is 54.2 cm³/mol. The molecule has 0 fully saturated rings. The van der Waals surface area contributed by atoms with Gasteiger partial charge in [-0.25, -0.2) is 4.79 Å². The lowest BCUT2D eigenvalue weighted by Gasteiger charge is -2.08. The maximum Gasteiger partial charge on any atom is 0.330 e. The number of hydrogen-bond donors (Lipinski definition) is 3. The van der Waals surface area contributed by atoms with E-state index in [9.17, 15) is 15.2 Å². The molecule has 0 aliphatic heterocycles. The van der Waals surface area contributed by atoms with Gasteiger partial charge in [-0.1, -0.05) is 0 Å². The molecule has 0 unspecified atom stereocenters. The molecule has 0 bridgehead atoms. The lowest BCUT2D eigenvalue weighted by atomic mass is 10.1. The number of urea groups is 1. The lowest BCUT2D eigenvalue weighted by Crippen LogP contribution is -2.37. The average molecular weight is 209 g/mol. The van der Waals surface area contributed by atoms with Crippen LogP contribution in [0.25, 0.3) is 0 Å². The highest BCUT2D eigenvalue weighted by Crippen LogP contribution is 2.04. The summed E-state index contributed by atoms with van der Waals surface area (Å²) < 4.78 is 0. The van der Waals surface area contributed by atoms with Gasteiger partial charge in [0.2, 0.25) is 5.71 Å². The summed E-state index contributed by atoms with van der Waals surface area (Å²) in [6.07, 6.45) is 7.24. The number of amides is 2. The van der Waals surface area contributed by atoms with E-state index in [1.807, 2.05) is 0 Å². The van der Waals surface area contributed by atoms with Gasteiger partial charge in [0.15, 0.2) is 0 Å². The summed E-state index contributed by atoms with van der Waals surface area (Å²) in [6, 6.07) is -0.715. The number of rotatable bonds is 2. The maximum atomic E-state index is 10.3. The standard InChI is InChI=1S/C8H9N4O3/c9-8(13)11-10-5-6-1-3-7(4-2-6)12(14)15/h1-5,10H,(H3-,9,11,13,14,15)/q-1. The van der Waals surface area contributed by atoms with E-state index < -0.39 is 10.9 Å². The molecule has 0 atom stereocenters. The van der Waals surface area contributed by atoms with Crippen LogP contribution < -0.4 is 16.6 Å². The monoisotopic (exact) mass is 209 g/mol. The van der Waals surface area contributed by atoms with Crippen molar-refractivity contribution in [2.24, 2.45) is 5.73 Å². The van der Waals surface area contributed by atoms with Crippen molar-refractivity contribution in [3.8, 4) is 0 Å². The van der Waals surface area contributed by atoms with Crippen molar-refractivity contribution < 1.29 is 9.70 Å². The summed E-state index contributed by atoms with van der Waals surface area (Å²) >= 11 is 0. The Morgan fingerprint density at radius 2 is 1.93 bits per heavy atom. The largest absolute Gasteiger partial charge is 0.612 e. The topological polar surface area (TPSA) is 116 Å². The molecule has 0 saturated heterocycles. The first-order valence-electron chi connectivity index (χ1n) is 3.98. The van der Waals surface area contributed by atoms with Crippen molar-refractivity contribution >= 4 is 11.7 Å². The Hall–Kier alpha value is -2.44. The van der Waals surface area contributed by atoms with Crippen molar-refractivity contribution in [1.29, 1.82) is 0 Å². The first-order valence-corrected chi connectivity index (χ1v) is 3.98. The quantitative estimate of drug-likeness (QED) is 0.424. The van der Waals surface area contributed by atoms with Crippen LogP contribution in [0.4, 0.5) is 4.79 Å². The highest BCUT2D eigenvalue weighted by Gasteiger charge is 2.01. The molecule has 7 nitrogen and oxygen atoms in total. The third-order valence-corrected chi connectivity index (χ3v) is 1.54. The number of allylic oxidation sites excluding steroid dienone is 5. The van der Waals surface area contributed by atoms with E-state index in [0.717, 1.165) is 0 Å². The van der Waals surface area contributed by atoms with Gasteiger partial charge in [-0.15, -0.1) is 0 Å². The van der Waals surface area contributed by atoms with E-state index in [2.05, 4.69) is 10.9 Å². The van der Waals surface area contributed by atoms with E-state index in [1.54, 1.807) is 0 Å².